The number of pyridine rings is 3. The molecule has 3 aromatic heterocycles. The van der Waals surface area contributed by atoms with Gasteiger partial charge in [-0.25, -0.2) is 25.3 Å². The normalized spacial score (nSPS) is 11.4. The van der Waals surface area contributed by atoms with Gasteiger partial charge in [-0.05, 0) is 109 Å². The van der Waals surface area contributed by atoms with Gasteiger partial charge in [0, 0.05) is 34.7 Å². The number of nitrogens with zero attached hydrogens (tertiary/aromatic N) is 9. The predicted octanol–water partition coefficient (Wildman–Crippen LogP) is -1.11. The van der Waals surface area contributed by atoms with E-state index in [2.05, 4.69) is 45.6 Å². The van der Waals surface area contributed by atoms with E-state index in [4.69, 9.17) is 0 Å². The molecule has 9 aromatic rings. The van der Waals surface area contributed by atoms with Gasteiger partial charge >= 0.3 is 106 Å². The number of fused-ring (bicyclic) bond motifs is 3. The Labute approximate surface area is 493 Å². The SMILES string of the molecule is O=S(=O)([O-])c1cccc(N=Nc2ccc([O-])c3ncccc23)c1.O=S(=O)([O-])c1cccc(N=Nc2ccc([O-])c3ncccc23)c1.O=S(=O)([O-])c1cccc(N=Nc2ccc([O-])c3ncccc23)c1.[Cr+3].[Na+].[Na+].[Na+]. The molecule has 0 fully saturated rings. The first kappa shape index (κ1) is 62.3. The third-order valence-electron chi connectivity index (χ3n) is 9.27. The predicted molar refractivity (Wildman–Crippen MR) is 239 cm³/mol. The van der Waals surface area contributed by atoms with Crippen molar-refractivity contribution in [3.63, 3.8) is 0 Å². The van der Waals surface area contributed by atoms with Crippen LogP contribution in [0.4, 0.5) is 34.1 Å². The second-order valence-corrected chi connectivity index (χ2v) is 18.0. The van der Waals surface area contributed by atoms with Crippen LogP contribution in [0.1, 0.15) is 0 Å². The molecule has 0 amide bonds. The van der Waals surface area contributed by atoms with Gasteiger partial charge < -0.3 is 29.0 Å². The van der Waals surface area contributed by atoms with Crippen LogP contribution < -0.4 is 104 Å². The maximum absolute atomic E-state index is 11.7. The van der Waals surface area contributed by atoms with E-state index < -0.39 is 30.4 Å². The minimum atomic E-state index is -4.55. The standard InChI is InChI=1S/3C15H11N3O4S.Cr.3Na/c3*19-14-7-6-13(12-5-2-8-16-15(12)14)18-17-10-3-1-4-11(9-10)23(20,21)22;;;;/h3*1-9,19H,(H,20,21,22);;;;/q;;;+3;3*+1/p-6. The fraction of sp³-hybridized carbons (Fsp3) is 0. The molecule has 0 N–H and O–H groups in total. The molecular formula is C45H27CrN9Na3O12S3. The summed E-state index contributed by atoms with van der Waals surface area (Å²) in [6.07, 6.45) is 4.52. The molecule has 0 unspecified atom stereocenters. The van der Waals surface area contributed by atoms with Crippen LogP contribution in [0.25, 0.3) is 32.7 Å². The summed E-state index contributed by atoms with van der Waals surface area (Å²) in [6, 6.07) is 34.3. The summed E-state index contributed by atoms with van der Waals surface area (Å²) in [5.41, 5.74) is 2.73. The average Bonchev–Trinajstić information content (AvgIpc) is 3.34. The van der Waals surface area contributed by atoms with Gasteiger partial charge in [-0.1, -0.05) is 53.6 Å². The van der Waals surface area contributed by atoms with E-state index in [0.29, 0.717) is 33.2 Å². The van der Waals surface area contributed by atoms with Crippen molar-refractivity contribution in [1.29, 1.82) is 0 Å². The summed E-state index contributed by atoms with van der Waals surface area (Å²) in [6.45, 7) is 0. The second kappa shape index (κ2) is 27.5. The first-order chi connectivity index (χ1) is 32.8. The Hall–Kier alpha value is -4.99. The summed E-state index contributed by atoms with van der Waals surface area (Å²) in [7, 11) is -13.7. The summed E-state index contributed by atoms with van der Waals surface area (Å²) in [5, 5.41) is 60.6. The zero-order valence-corrected chi connectivity index (χ0v) is 47.9. The third-order valence-corrected chi connectivity index (χ3v) is 11.8. The Morgan fingerprint density at radius 1 is 0.342 bits per heavy atom. The van der Waals surface area contributed by atoms with E-state index in [1.165, 1.54) is 110 Å². The molecule has 0 bridgehead atoms. The van der Waals surface area contributed by atoms with E-state index in [1.54, 1.807) is 36.4 Å². The van der Waals surface area contributed by atoms with Crippen molar-refractivity contribution in [1.82, 2.24) is 15.0 Å². The van der Waals surface area contributed by atoms with Gasteiger partial charge in [-0.3, -0.25) is 15.0 Å². The Balaban J connectivity index is 0.000000281. The zero-order chi connectivity index (χ0) is 49.3. The molecule has 28 heteroatoms. The minimum absolute atomic E-state index is 0. The van der Waals surface area contributed by atoms with Crippen molar-refractivity contribution in [2.75, 3.05) is 0 Å². The topological polar surface area (TPSA) is 354 Å². The van der Waals surface area contributed by atoms with Crippen LogP contribution in [0, 0.1) is 0 Å². The van der Waals surface area contributed by atoms with Crippen LogP contribution in [-0.2, 0) is 47.7 Å². The van der Waals surface area contributed by atoms with Crippen molar-refractivity contribution in [3.05, 3.63) is 164 Å². The Morgan fingerprint density at radius 3 is 0.849 bits per heavy atom. The third kappa shape index (κ3) is 16.8. The smallest absolute Gasteiger partial charge is 0.871 e. The number of azo groups is 3. The summed E-state index contributed by atoms with van der Waals surface area (Å²) < 4.78 is 99.0. The molecule has 73 heavy (non-hydrogen) atoms. The van der Waals surface area contributed by atoms with E-state index in [-0.39, 0.29) is 172 Å². The molecule has 6 aromatic carbocycles. The molecule has 351 valence electrons. The van der Waals surface area contributed by atoms with Crippen molar-refractivity contribution >= 4 is 97.2 Å². The van der Waals surface area contributed by atoms with Crippen LogP contribution >= 0.6 is 0 Å². The van der Waals surface area contributed by atoms with Crippen molar-refractivity contribution in [3.8, 4) is 17.2 Å². The molecular weight excluding hydrogens is 1080 g/mol. The van der Waals surface area contributed by atoms with Gasteiger partial charge in [0.25, 0.3) is 0 Å². The molecule has 0 saturated carbocycles. The minimum Gasteiger partial charge on any atom is -0.871 e. The van der Waals surface area contributed by atoms with Crippen LogP contribution in [0.5, 0.6) is 17.2 Å². The molecule has 0 atom stereocenters. The van der Waals surface area contributed by atoms with Gasteiger partial charge in [-0.15, -0.1) is 15.3 Å². The maximum Gasteiger partial charge on any atom is 3.00 e. The molecule has 9 rings (SSSR count). The summed E-state index contributed by atoms with van der Waals surface area (Å²) >= 11 is 0. The first-order valence-corrected chi connectivity index (χ1v) is 23.6. The molecule has 21 nitrogen and oxygen atoms in total. The molecule has 0 saturated heterocycles. The van der Waals surface area contributed by atoms with Crippen LogP contribution in [0.2, 0.25) is 0 Å². The number of hydrogen-bond acceptors (Lipinski definition) is 21. The van der Waals surface area contributed by atoms with Crippen LogP contribution in [0.3, 0.4) is 0 Å². The number of rotatable bonds is 9. The van der Waals surface area contributed by atoms with Gasteiger partial charge in [0.05, 0.1) is 65.4 Å². The van der Waals surface area contributed by atoms with Crippen LogP contribution in [-0.4, -0.2) is 53.9 Å². The number of aromatic nitrogens is 3. The first-order valence-electron chi connectivity index (χ1n) is 19.4. The number of benzene rings is 6. The van der Waals surface area contributed by atoms with Gasteiger partial charge in [0.2, 0.25) is 0 Å². The molecule has 0 spiro atoms. The van der Waals surface area contributed by atoms with Crippen molar-refractivity contribution in [2.45, 2.75) is 14.7 Å². The van der Waals surface area contributed by atoms with Crippen molar-refractivity contribution < 1.29 is 160 Å². The van der Waals surface area contributed by atoms with E-state index >= 15 is 0 Å². The van der Waals surface area contributed by atoms with E-state index in [9.17, 15) is 54.2 Å². The Kier molecular flexibility index (Phi) is 23.5. The molecule has 3 heterocycles. The van der Waals surface area contributed by atoms with E-state index in [1.807, 2.05) is 0 Å². The molecule has 0 aliphatic rings. The zero-order valence-electron chi connectivity index (χ0n) is 38.1. The largest absolute Gasteiger partial charge is 3.00 e. The monoisotopic (exact) mass is 1100 g/mol. The van der Waals surface area contributed by atoms with E-state index in [0.717, 1.165) is 18.2 Å². The fourth-order valence-electron chi connectivity index (χ4n) is 6.10. The second-order valence-electron chi connectivity index (χ2n) is 13.9. The quantitative estimate of drug-likeness (QED) is 0.0940. The van der Waals surface area contributed by atoms with Crippen molar-refractivity contribution in [2.24, 2.45) is 30.7 Å². The number of hydrogen-bond donors (Lipinski definition) is 0. The van der Waals surface area contributed by atoms with Gasteiger partial charge in [0.1, 0.15) is 30.4 Å². The Bertz CT molecular complexity index is 3470. The maximum atomic E-state index is 11.7. The van der Waals surface area contributed by atoms with Gasteiger partial charge in [0.15, 0.2) is 0 Å². The fourth-order valence-corrected chi connectivity index (χ4v) is 7.63. The molecule has 0 aliphatic heterocycles. The average molecular weight is 1100 g/mol. The van der Waals surface area contributed by atoms with Gasteiger partial charge in [-0.2, -0.15) is 15.3 Å². The Morgan fingerprint density at radius 2 is 0.603 bits per heavy atom. The molecule has 1 radical (unpaired) electrons. The summed E-state index contributed by atoms with van der Waals surface area (Å²) in [5.74, 6) is -0.669. The molecule has 0 aliphatic carbocycles. The van der Waals surface area contributed by atoms with Crippen LogP contribution in [0.15, 0.2) is 210 Å². The summed E-state index contributed by atoms with van der Waals surface area (Å²) in [4.78, 5) is 10.9.